The van der Waals surface area contributed by atoms with Crippen molar-refractivity contribution in [1.82, 2.24) is 14.8 Å². The van der Waals surface area contributed by atoms with E-state index in [9.17, 15) is 27.6 Å². The Labute approximate surface area is 267 Å². The van der Waals surface area contributed by atoms with Crippen molar-refractivity contribution in [3.63, 3.8) is 0 Å². The molecule has 0 saturated heterocycles. The van der Waals surface area contributed by atoms with Gasteiger partial charge in [0.15, 0.2) is 19.8 Å². The Kier molecular flexibility index (Phi) is 9.32. The van der Waals surface area contributed by atoms with Gasteiger partial charge in [-0.2, -0.15) is 0 Å². The van der Waals surface area contributed by atoms with Gasteiger partial charge in [0, 0.05) is 37.0 Å². The minimum atomic E-state index is -2.13. The number of aromatic nitrogens is 1. The summed E-state index contributed by atoms with van der Waals surface area (Å²) in [5.41, 5.74) is -0.998. The second-order valence-electron chi connectivity index (χ2n) is 13.2. The van der Waals surface area contributed by atoms with Crippen molar-refractivity contribution >= 4 is 20.1 Å². The molecule has 2 bridgehead atoms. The van der Waals surface area contributed by atoms with Crippen molar-refractivity contribution in [2.45, 2.75) is 70.6 Å². The van der Waals surface area contributed by atoms with Crippen LogP contribution in [-0.2, 0) is 17.6 Å². The molecule has 2 aliphatic heterocycles. The summed E-state index contributed by atoms with van der Waals surface area (Å²) in [5, 5.41) is 2.33. The lowest BCUT2D eigenvalue weighted by molar-refractivity contribution is 0.0555. The number of amides is 2. The molecule has 0 fully saturated rings. The van der Waals surface area contributed by atoms with Gasteiger partial charge in [0.1, 0.15) is 29.6 Å². The molecule has 0 unspecified atom stereocenters. The van der Waals surface area contributed by atoms with E-state index in [0.717, 1.165) is 5.56 Å². The summed E-state index contributed by atoms with van der Waals surface area (Å²) in [6.07, 6.45) is 5.72. The first-order chi connectivity index (χ1) is 21.7. The molecule has 1 aromatic heterocycles. The molecule has 12 heteroatoms. The number of allylic oxidation sites excluding steroid dienone is 1. The number of benzene rings is 2. The van der Waals surface area contributed by atoms with Crippen molar-refractivity contribution in [1.29, 1.82) is 0 Å². The summed E-state index contributed by atoms with van der Waals surface area (Å²) in [6, 6.07) is 9.36. The number of nitrogens with zero attached hydrogens (tertiary/aromatic N) is 2. The molecule has 2 atom stereocenters. The Morgan fingerprint density at radius 2 is 1.74 bits per heavy atom. The van der Waals surface area contributed by atoms with Gasteiger partial charge in [-0.3, -0.25) is 14.4 Å². The third-order valence-corrected chi connectivity index (χ3v) is 13.5. The van der Waals surface area contributed by atoms with Crippen LogP contribution in [0.1, 0.15) is 65.2 Å². The van der Waals surface area contributed by atoms with Crippen LogP contribution in [0.2, 0.25) is 18.1 Å². The number of nitrogens with one attached hydrogen (secondary N) is 1. The van der Waals surface area contributed by atoms with E-state index in [1.54, 1.807) is 21.6 Å². The fourth-order valence-corrected chi connectivity index (χ4v) is 6.32. The number of halogens is 3. The molecule has 0 spiro atoms. The summed E-state index contributed by atoms with van der Waals surface area (Å²) in [7, 11) is -2.13. The molecule has 3 aromatic rings. The molecule has 1 N–H and O–H groups in total. The smallest absolute Gasteiger partial charge is 0.275 e. The van der Waals surface area contributed by atoms with E-state index in [-0.39, 0.29) is 40.7 Å². The number of hydrogen-bond acceptors (Lipinski definition) is 5. The largest absolute Gasteiger partial charge is 0.483 e. The molecular weight excluding hydrogens is 615 g/mol. The summed E-state index contributed by atoms with van der Waals surface area (Å²) in [6.45, 7) is 10.6. The maximum atomic E-state index is 14.3. The number of fused-ring (bicyclic) bond motifs is 4. The van der Waals surface area contributed by atoms with Crippen molar-refractivity contribution in [2.75, 3.05) is 13.2 Å². The van der Waals surface area contributed by atoms with Crippen LogP contribution >= 0.6 is 0 Å². The molecule has 2 aromatic carbocycles. The lowest BCUT2D eigenvalue weighted by Gasteiger charge is -2.41. The second kappa shape index (κ2) is 12.9. The normalized spacial score (nSPS) is 17.8. The minimum absolute atomic E-state index is 0.0189. The van der Waals surface area contributed by atoms with E-state index in [4.69, 9.17) is 9.16 Å². The molecule has 0 radical (unpaired) electrons. The molecule has 2 aliphatic rings. The Morgan fingerprint density at radius 1 is 1.07 bits per heavy atom. The number of carbonyl (C=O) groups excluding carboxylic acids is 2. The Morgan fingerprint density at radius 3 is 2.39 bits per heavy atom. The topological polar surface area (TPSA) is 89.9 Å². The van der Waals surface area contributed by atoms with Crippen LogP contribution in [0, 0.1) is 17.5 Å². The first-order valence-electron chi connectivity index (χ1n) is 15.2. The molecule has 8 nitrogen and oxygen atoms in total. The van der Waals surface area contributed by atoms with Crippen LogP contribution in [0.25, 0.3) is 0 Å². The van der Waals surface area contributed by atoms with Gasteiger partial charge in [-0.05, 0) is 30.1 Å². The quantitative estimate of drug-likeness (QED) is 0.222. The van der Waals surface area contributed by atoms with Crippen LogP contribution in [0.15, 0.2) is 65.6 Å². The predicted molar refractivity (Wildman–Crippen MR) is 170 cm³/mol. The highest BCUT2D eigenvalue weighted by molar-refractivity contribution is 6.74. The molecule has 2 amide bonds. The number of rotatable bonds is 9. The molecular formula is C34H38F3N3O5Si. The van der Waals surface area contributed by atoms with Crippen molar-refractivity contribution in [3.05, 3.63) is 111 Å². The zero-order valence-corrected chi connectivity index (χ0v) is 27.5. The van der Waals surface area contributed by atoms with E-state index in [2.05, 4.69) is 39.2 Å². The van der Waals surface area contributed by atoms with E-state index in [1.807, 2.05) is 30.4 Å². The number of hydrogen-bond donors (Lipinski definition) is 1. The van der Waals surface area contributed by atoms with E-state index in [1.165, 1.54) is 6.20 Å². The number of ether oxygens (including phenoxy) is 1. The highest BCUT2D eigenvalue weighted by atomic mass is 28.4. The van der Waals surface area contributed by atoms with E-state index < -0.39 is 55.1 Å². The van der Waals surface area contributed by atoms with Gasteiger partial charge in [-0.25, -0.2) is 13.2 Å². The zero-order chi connectivity index (χ0) is 33.4. The van der Waals surface area contributed by atoms with E-state index in [0.29, 0.717) is 31.7 Å². The summed E-state index contributed by atoms with van der Waals surface area (Å²) in [5.74, 6) is -5.09. The monoisotopic (exact) mass is 653 g/mol. The van der Waals surface area contributed by atoms with E-state index >= 15 is 0 Å². The summed E-state index contributed by atoms with van der Waals surface area (Å²) < 4.78 is 56.0. The Hall–Kier alpha value is -4.16. The number of pyridine rings is 1. The highest BCUT2D eigenvalue weighted by Gasteiger charge is 2.42. The third kappa shape index (κ3) is 6.68. The van der Waals surface area contributed by atoms with Gasteiger partial charge < -0.3 is 23.9 Å². The van der Waals surface area contributed by atoms with Gasteiger partial charge in [0.2, 0.25) is 5.43 Å². The predicted octanol–water partition coefficient (Wildman–Crippen LogP) is 6.12. The van der Waals surface area contributed by atoms with Crippen LogP contribution in [-0.4, -0.2) is 48.8 Å². The first kappa shape index (κ1) is 33.2. The van der Waals surface area contributed by atoms with Gasteiger partial charge in [-0.15, -0.1) is 0 Å². The lowest BCUT2D eigenvalue weighted by Crippen LogP contribution is -2.51. The third-order valence-electron chi connectivity index (χ3n) is 9.05. The van der Waals surface area contributed by atoms with Crippen molar-refractivity contribution < 1.29 is 31.9 Å². The fraction of sp³-hybridized carbons (Fsp3) is 0.382. The minimum Gasteiger partial charge on any atom is -0.483 e. The highest BCUT2D eigenvalue weighted by Crippen LogP contribution is 2.38. The molecule has 46 heavy (non-hydrogen) atoms. The Bertz CT molecular complexity index is 1710. The van der Waals surface area contributed by atoms with Crippen LogP contribution in [0.5, 0.6) is 5.75 Å². The fourth-order valence-electron chi connectivity index (χ4n) is 5.30. The molecule has 0 saturated carbocycles. The molecule has 0 aliphatic carbocycles. The van der Waals surface area contributed by atoms with Crippen molar-refractivity contribution in [3.8, 4) is 5.75 Å². The molecule has 3 heterocycles. The summed E-state index contributed by atoms with van der Waals surface area (Å²) in [4.78, 5) is 43.1. The average Bonchev–Trinajstić information content (AvgIpc) is 3.18. The zero-order valence-electron chi connectivity index (χ0n) is 26.5. The van der Waals surface area contributed by atoms with Crippen LogP contribution in [0.3, 0.4) is 0 Å². The van der Waals surface area contributed by atoms with Gasteiger partial charge in [0.05, 0.1) is 18.7 Å². The van der Waals surface area contributed by atoms with Gasteiger partial charge in [-0.1, -0.05) is 63.3 Å². The summed E-state index contributed by atoms with van der Waals surface area (Å²) >= 11 is 0. The Balaban J connectivity index is 1.51. The lowest BCUT2D eigenvalue weighted by atomic mass is 10.1. The van der Waals surface area contributed by atoms with Gasteiger partial charge in [0.25, 0.3) is 11.8 Å². The average molecular weight is 654 g/mol. The SMILES string of the molecule is CC(C)(C)[Si](C)(C)OC[C@H]1C=CC[C@H]2CN1C(=O)c1c(OCc3ccccc3)c(=O)c(C(=O)NCc3c(F)cc(F)cc3F)cn12. The van der Waals surface area contributed by atoms with Crippen LogP contribution < -0.4 is 15.5 Å². The second-order valence-corrected chi connectivity index (χ2v) is 18.0. The molecule has 5 rings (SSSR count). The maximum Gasteiger partial charge on any atom is 0.275 e. The first-order valence-corrected chi connectivity index (χ1v) is 18.1. The molecule has 244 valence electrons. The van der Waals surface area contributed by atoms with Crippen molar-refractivity contribution in [2.24, 2.45) is 0 Å². The maximum absolute atomic E-state index is 14.3. The van der Waals surface area contributed by atoms with Gasteiger partial charge >= 0.3 is 0 Å². The number of carbonyl (C=O) groups is 2. The van der Waals surface area contributed by atoms with Crippen LogP contribution in [0.4, 0.5) is 13.2 Å². The standard InChI is InChI=1S/C34H38F3N3O5Si/c1-34(2,3)46(4,5)45-20-24-13-9-12-23-17-40(24)33(43)29-31(44-19-21-10-7-6-8-11-21)30(41)26(18-39(23)29)32(42)38-16-25-27(36)14-22(35)15-28(25)37/h6-11,13-15,18,23-24H,12,16-17,19-20H2,1-5H3,(H,38,42)/t23-,24+/m0/s1.